The topological polar surface area (TPSA) is 51.0 Å². The molecule has 2 aromatic carbocycles. The summed E-state index contributed by atoms with van der Waals surface area (Å²) < 4.78 is 6.66. The summed E-state index contributed by atoms with van der Waals surface area (Å²) in [6.45, 7) is 4.11. The minimum absolute atomic E-state index is 0.389. The highest BCUT2D eigenvalue weighted by Crippen LogP contribution is 2.25. The Hall–Kier alpha value is -2.14. The summed E-state index contributed by atoms with van der Waals surface area (Å²) in [5, 5.41) is 11.3. The molecule has 4 nitrogen and oxygen atoms in total. The number of halogens is 1. The molecule has 0 amide bonds. The van der Waals surface area contributed by atoms with Crippen molar-refractivity contribution in [3.63, 3.8) is 0 Å². The molecule has 0 saturated carbocycles. The Morgan fingerprint density at radius 2 is 1.76 bits per heavy atom. The Morgan fingerprint density at radius 3 is 2.48 bits per heavy atom. The first-order valence-electron chi connectivity index (χ1n) is 6.55. The van der Waals surface area contributed by atoms with Gasteiger partial charge < -0.3 is 9.73 Å². The van der Waals surface area contributed by atoms with Crippen LogP contribution >= 0.6 is 15.9 Å². The lowest BCUT2D eigenvalue weighted by atomic mass is 10.1. The molecule has 0 aliphatic carbocycles. The van der Waals surface area contributed by atoms with E-state index in [-0.39, 0.29) is 0 Å². The van der Waals surface area contributed by atoms with Gasteiger partial charge in [-0.25, -0.2) is 0 Å². The maximum atomic E-state index is 5.65. The number of nitrogens with one attached hydrogen (secondary N) is 1. The molecule has 0 saturated heterocycles. The van der Waals surface area contributed by atoms with Crippen LogP contribution in [0.3, 0.4) is 0 Å². The van der Waals surface area contributed by atoms with Crippen LogP contribution in [0.1, 0.15) is 11.1 Å². The van der Waals surface area contributed by atoms with Crippen molar-refractivity contribution in [1.29, 1.82) is 0 Å². The zero-order valence-electron chi connectivity index (χ0n) is 11.7. The largest absolute Gasteiger partial charge is 0.403 e. The van der Waals surface area contributed by atoms with Crippen LogP contribution in [-0.2, 0) is 0 Å². The number of anilines is 2. The molecule has 3 rings (SSSR count). The quantitative estimate of drug-likeness (QED) is 0.737. The fraction of sp³-hybridized carbons (Fsp3) is 0.125. The molecule has 0 aliphatic heterocycles. The predicted molar refractivity (Wildman–Crippen MR) is 86.6 cm³/mol. The SMILES string of the molecule is Cc1ccc(Nc2nnc(-c3ccc(Br)cc3)o2)c(C)c1. The van der Waals surface area contributed by atoms with E-state index in [0.29, 0.717) is 11.9 Å². The molecular weight excluding hydrogens is 330 g/mol. The van der Waals surface area contributed by atoms with Crippen molar-refractivity contribution in [1.82, 2.24) is 10.2 Å². The Morgan fingerprint density at radius 1 is 1.00 bits per heavy atom. The molecule has 5 heteroatoms. The van der Waals surface area contributed by atoms with Gasteiger partial charge in [0.05, 0.1) is 0 Å². The Kier molecular flexibility index (Phi) is 3.75. The van der Waals surface area contributed by atoms with Gasteiger partial charge in [0.2, 0.25) is 5.89 Å². The molecule has 1 N–H and O–H groups in total. The van der Waals surface area contributed by atoms with E-state index in [1.54, 1.807) is 0 Å². The Labute approximate surface area is 131 Å². The minimum Gasteiger partial charge on any atom is -0.403 e. The van der Waals surface area contributed by atoms with Gasteiger partial charge in [-0.05, 0) is 49.7 Å². The fourth-order valence-corrected chi connectivity index (χ4v) is 2.32. The summed E-state index contributed by atoms with van der Waals surface area (Å²) in [5.41, 5.74) is 4.21. The van der Waals surface area contributed by atoms with Crippen LogP contribution in [0.4, 0.5) is 11.7 Å². The second-order valence-electron chi connectivity index (χ2n) is 4.86. The predicted octanol–water partition coefficient (Wildman–Crippen LogP) is 4.86. The van der Waals surface area contributed by atoms with E-state index in [4.69, 9.17) is 4.42 Å². The van der Waals surface area contributed by atoms with Crippen molar-refractivity contribution in [2.24, 2.45) is 0 Å². The van der Waals surface area contributed by atoms with Crippen molar-refractivity contribution < 1.29 is 4.42 Å². The number of benzene rings is 2. The van der Waals surface area contributed by atoms with Gasteiger partial charge in [-0.3, -0.25) is 0 Å². The van der Waals surface area contributed by atoms with Crippen molar-refractivity contribution in [3.05, 3.63) is 58.1 Å². The van der Waals surface area contributed by atoms with Crippen molar-refractivity contribution in [2.45, 2.75) is 13.8 Å². The van der Waals surface area contributed by atoms with Crippen LogP contribution in [0.5, 0.6) is 0 Å². The first kappa shape index (κ1) is 13.8. The molecule has 0 bridgehead atoms. The molecule has 1 heterocycles. The van der Waals surface area contributed by atoms with Crippen LogP contribution in [-0.4, -0.2) is 10.2 Å². The molecule has 0 radical (unpaired) electrons. The molecule has 0 aliphatic rings. The fourth-order valence-electron chi connectivity index (χ4n) is 2.05. The van der Waals surface area contributed by atoms with Crippen LogP contribution < -0.4 is 5.32 Å². The summed E-state index contributed by atoms with van der Waals surface area (Å²) in [6, 6.07) is 14.3. The average molecular weight is 344 g/mol. The van der Waals surface area contributed by atoms with Gasteiger partial charge in [0.1, 0.15) is 0 Å². The van der Waals surface area contributed by atoms with Gasteiger partial charge in [0.25, 0.3) is 0 Å². The molecule has 21 heavy (non-hydrogen) atoms. The monoisotopic (exact) mass is 343 g/mol. The lowest BCUT2D eigenvalue weighted by Gasteiger charge is -2.06. The number of hydrogen-bond donors (Lipinski definition) is 1. The number of hydrogen-bond acceptors (Lipinski definition) is 4. The maximum Gasteiger partial charge on any atom is 0.320 e. The second-order valence-corrected chi connectivity index (χ2v) is 5.78. The number of aromatic nitrogens is 2. The summed E-state index contributed by atoms with van der Waals surface area (Å²) in [5.74, 6) is 0.495. The third-order valence-corrected chi connectivity index (χ3v) is 3.67. The standard InChI is InChI=1S/C16H14BrN3O/c1-10-3-8-14(11(2)9-10)18-16-20-19-15(21-16)12-4-6-13(17)7-5-12/h3-9H,1-2H3,(H,18,20). The smallest absolute Gasteiger partial charge is 0.320 e. The van der Waals surface area contributed by atoms with Crippen LogP contribution in [0, 0.1) is 13.8 Å². The number of aryl methyl sites for hydroxylation is 2. The number of nitrogens with zero attached hydrogens (tertiary/aromatic N) is 2. The normalized spacial score (nSPS) is 10.6. The summed E-state index contributed by atoms with van der Waals surface area (Å²) in [7, 11) is 0. The number of rotatable bonds is 3. The van der Waals surface area contributed by atoms with E-state index in [1.807, 2.05) is 43.3 Å². The lowest BCUT2D eigenvalue weighted by molar-refractivity contribution is 0.587. The third kappa shape index (κ3) is 3.13. The van der Waals surface area contributed by atoms with E-state index < -0.39 is 0 Å². The molecule has 3 aromatic rings. The molecular formula is C16H14BrN3O. The third-order valence-electron chi connectivity index (χ3n) is 3.14. The highest BCUT2D eigenvalue weighted by atomic mass is 79.9. The summed E-state index contributed by atoms with van der Waals surface area (Å²) >= 11 is 3.40. The Bertz CT molecular complexity index is 765. The van der Waals surface area contributed by atoms with Crippen molar-refractivity contribution in [2.75, 3.05) is 5.32 Å². The molecule has 0 atom stereocenters. The minimum atomic E-state index is 0.389. The van der Waals surface area contributed by atoms with Crippen LogP contribution in [0.2, 0.25) is 0 Å². The van der Waals surface area contributed by atoms with Gasteiger partial charge in [0, 0.05) is 15.7 Å². The first-order valence-corrected chi connectivity index (χ1v) is 7.35. The summed E-state index contributed by atoms with van der Waals surface area (Å²) in [6.07, 6.45) is 0. The molecule has 106 valence electrons. The zero-order chi connectivity index (χ0) is 14.8. The van der Waals surface area contributed by atoms with Crippen molar-refractivity contribution in [3.8, 4) is 11.5 Å². The van der Waals surface area contributed by atoms with E-state index in [1.165, 1.54) is 5.56 Å². The highest BCUT2D eigenvalue weighted by molar-refractivity contribution is 9.10. The van der Waals surface area contributed by atoms with E-state index in [2.05, 4.69) is 44.4 Å². The highest BCUT2D eigenvalue weighted by Gasteiger charge is 2.09. The van der Waals surface area contributed by atoms with E-state index in [9.17, 15) is 0 Å². The average Bonchev–Trinajstić information content (AvgIpc) is 2.91. The molecule has 1 aromatic heterocycles. The van der Waals surface area contributed by atoms with Gasteiger partial charge in [-0.1, -0.05) is 38.7 Å². The lowest BCUT2D eigenvalue weighted by Crippen LogP contribution is -1.93. The van der Waals surface area contributed by atoms with Crippen LogP contribution in [0.15, 0.2) is 51.4 Å². The van der Waals surface area contributed by atoms with Gasteiger partial charge >= 0.3 is 6.01 Å². The Balaban J connectivity index is 1.83. The van der Waals surface area contributed by atoms with Crippen LogP contribution in [0.25, 0.3) is 11.5 Å². The second kappa shape index (κ2) is 5.69. The van der Waals surface area contributed by atoms with Gasteiger partial charge in [0.15, 0.2) is 0 Å². The van der Waals surface area contributed by atoms with Gasteiger partial charge in [-0.15, -0.1) is 5.10 Å². The summed E-state index contributed by atoms with van der Waals surface area (Å²) in [4.78, 5) is 0. The van der Waals surface area contributed by atoms with Crippen molar-refractivity contribution >= 4 is 27.6 Å². The van der Waals surface area contributed by atoms with Gasteiger partial charge in [-0.2, -0.15) is 0 Å². The zero-order valence-corrected chi connectivity index (χ0v) is 13.3. The van der Waals surface area contributed by atoms with E-state index in [0.717, 1.165) is 21.3 Å². The molecule has 0 spiro atoms. The molecule has 0 unspecified atom stereocenters. The maximum absolute atomic E-state index is 5.65. The first-order chi connectivity index (χ1) is 10.1. The molecule has 0 fully saturated rings. The van der Waals surface area contributed by atoms with E-state index >= 15 is 0 Å².